The van der Waals surface area contributed by atoms with Crippen LogP contribution in [-0.4, -0.2) is 45.3 Å². The molecular formula is C19H22N2O6S2. The number of nitrogens with zero attached hydrogens (tertiary/aromatic N) is 1. The first kappa shape index (κ1) is 21.3. The van der Waals surface area contributed by atoms with Crippen LogP contribution in [0.15, 0.2) is 58.3 Å². The minimum Gasteiger partial charge on any atom is -0.478 e. The van der Waals surface area contributed by atoms with Crippen LogP contribution in [0.1, 0.15) is 36.0 Å². The van der Waals surface area contributed by atoms with Crippen LogP contribution in [0.4, 0.5) is 5.69 Å². The van der Waals surface area contributed by atoms with E-state index in [0.29, 0.717) is 13.1 Å². The van der Waals surface area contributed by atoms with Gasteiger partial charge in [0.05, 0.1) is 15.4 Å². The van der Waals surface area contributed by atoms with Crippen LogP contribution >= 0.6 is 0 Å². The van der Waals surface area contributed by atoms with E-state index in [1.165, 1.54) is 52.8 Å². The van der Waals surface area contributed by atoms with Gasteiger partial charge in [-0.1, -0.05) is 12.8 Å². The molecule has 1 fully saturated rings. The highest BCUT2D eigenvalue weighted by molar-refractivity contribution is 7.92. The van der Waals surface area contributed by atoms with Crippen molar-refractivity contribution in [2.45, 2.75) is 35.5 Å². The summed E-state index contributed by atoms with van der Waals surface area (Å²) in [7, 11) is -7.54. The molecule has 1 aliphatic heterocycles. The smallest absolute Gasteiger partial charge is 0.335 e. The zero-order valence-electron chi connectivity index (χ0n) is 15.6. The van der Waals surface area contributed by atoms with Crippen LogP contribution in [0, 0.1) is 0 Å². The van der Waals surface area contributed by atoms with Gasteiger partial charge in [-0.15, -0.1) is 0 Å². The van der Waals surface area contributed by atoms with Gasteiger partial charge in [0.15, 0.2) is 0 Å². The number of benzene rings is 2. The second kappa shape index (κ2) is 8.52. The van der Waals surface area contributed by atoms with Gasteiger partial charge in [-0.25, -0.2) is 21.6 Å². The second-order valence-electron chi connectivity index (χ2n) is 6.78. The number of hydrogen-bond donors (Lipinski definition) is 2. The molecule has 0 spiro atoms. The molecule has 10 heteroatoms. The molecule has 0 amide bonds. The SMILES string of the molecule is O=C(O)c1ccc(S(=O)(=O)Nc2ccc(S(=O)(=O)N3CCCCCC3)cc2)cc1. The third-order valence-electron chi connectivity index (χ3n) is 4.72. The Balaban J connectivity index is 1.76. The maximum absolute atomic E-state index is 12.8. The first-order valence-corrected chi connectivity index (χ1v) is 12.1. The number of rotatable bonds is 6. The highest BCUT2D eigenvalue weighted by Gasteiger charge is 2.25. The second-order valence-corrected chi connectivity index (χ2v) is 10.4. The summed E-state index contributed by atoms with van der Waals surface area (Å²) in [5, 5.41) is 8.90. The highest BCUT2D eigenvalue weighted by atomic mass is 32.2. The number of carbonyl (C=O) groups is 1. The van der Waals surface area contributed by atoms with E-state index in [0.717, 1.165) is 25.7 Å². The van der Waals surface area contributed by atoms with Crippen LogP contribution in [0.3, 0.4) is 0 Å². The van der Waals surface area contributed by atoms with Gasteiger partial charge in [-0.05, 0) is 61.4 Å². The van der Waals surface area contributed by atoms with Crippen molar-refractivity contribution >= 4 is 31.7 Å². The Bertz CT molecular complexity index is 1070. The summed E-state index contributed by atoms with van der Waals surface area (Å²) >= 11 is 0. The van der Waals surface area contributed by atoms with E-state index < -0.39 is 26.0 Å². The van der Waals surface area contributed by atoms with Crippen LogP contribution in [-0.2, 0) is 20.0 Å². The van der Waals surface area contributed by atoms with Crippen molar-refractivity contribution in [2.24, 2.45) is 0 Å². The number of anilines is 1. The Kier molecular flexibility index (Phi) is 6.25. The summed E-state index contributed by atoms with van der Waals surface area (Å²) < 4.78 is 54.3. The molecule has 0 saturated carbocycles. The normalized spacial score (nSPS) is 16.1. The Morgan fingerprint density at radius 2 is 1.31 bits per heavy atom. The first-order valence-electron chi connectivity index (χ1n) is 9.16. The molecule has 1 saturated heterocycles. The van der Waals surface area contributed by atoms with Gasteiger partial charge < -0.3 is 5.11 Å². The van der Waals surface area contributed by atoms with Gasteiger partial charge in [0, 0.05) is 18.8 Å². The topological polar surface area (TPSA) is 121 Å². The summed E-state index contributed by atoms with van der Waals surface area (Å²) in [5.74, 6) is -1.15. The molecule has 156 valence electrons. The van der Waals surface area contributed by atoms with Crippen molar-refractivity contribution in [1.29, 1.82) is 0 Å². The van der Waals surface area contributed by atoms with Crippen molar-refractivity contribution in [3.63, 3.8) is 0 Å². The number of carboxylic acids is 1. The largest absolute Gasteiger partial charge is 0.478 e. The van der Waals surface area contributed by atoms with E-state index in [1.807, 2.05) is 0 Å². The molecule has 0 aliphatic carbocycles. The van der Waals surface area contributed by atoms with Gasteiger partial charge in [0.1, 0.15) is 0 Å². The molecule has 2 aromatic carbocycles. The maximum Gasteiger partial charge on any atom is 0.335 e. The molecule has 0 aromatic heterocycles. The molecule has 1 heterocycles. The summed E-state index contributed by atoms with van der Waals surface area (Å²) in [6.07, 6.45) is 3.69. The molecular weight excluding hydrogens is 416 g/mol. The van der Waals surface area contributed by atoms with E-state index >= 15 is 0 Å². The zero-order valence-corrected chi connectivity index (χ0v) is 17.2. The van der Waals surface area contributed by atoms with Gasteiger partial charge in [0.25, 0.3) is 10.0 Å². The highest BCUT2D eigenvalue weighted by Crippen LogP contribution is 2.23. The van der Waals surface area contributed by atoms with E-state index in [-0.39, 0.29) is 21.0 Å². The monoisotopic (exact) mass is 438 g/mol. The van der Waals surface area contributed by atoms with Gasteiger partial charge >= 0.3 is 5.97 Å². The van der Waals surface area contributed by atoms with Crippen LogP contribution in [0.5, 0.6) is 0 Å². The lowest BCUT2D eigenvalue weighted by atomic mass is 10.2. The van der Waals surface area contributed by atoms with E-state index in [9.17, 15) is 21.6 Å². The van der Waals surface area contributed by atoms with Gasteiger partial charge in [-0.2, -0.15) is 4.31 Å². The fourth-order valence-electron chi connectivity index (χ4n) is 3.12. The Hall–Kier alpha value is -2.43. The third-order valence-corrected chi connectivity index (χ3v) is 8.03. The molecule has 3 rings (SSSR count). The third kappa shape index (κ3) is 4.95. The van der Waals surface area contributed by atoms with Crippen molar-refractivity contribution in [3.05, 3.63) is 54.1 Å². The van der Waals surface area contributed by atoms with Crippen LogP contribution < -0.4 is 4.72 Å². The Morgan fingerprint density at radius 3 is 1.83 bits per heavy atom. The van der Waals surface area contributed by atoms with Crippen LogP contribution in [0.25, 0.3) is 0 Å². The van der Waals surface area contributed by atoms with Crippen molar-refractivity contribution in [1.82, 2.24) is 4.31 Å². The number of nitrogens with one attached hydrogen (secondary N) is 1. The molecule has 0 radical (unpaired) electrons. The standard InChI is InChI=1S/C19H22N2O6S2/c22-19(23)15-5-9-17(10-6-15)28(24,25)20-16-7-11-18(12-8-16)29(26,27)21-13-3-1-2-4-14-21/h5-12,20H,1-4,13-14H2,(H,22,23). The Labute approximate surface area is 170 Å². The summed E-state index contributed by atoms with van der Waals surface area (Å²) in [6, 6.07) is 10.4. The van der Waals surface area contributed by atoms with E-state index in [2.05, 4.69) is 4.72 Å². The number of carboxylic acid groups (broad SMARTS) is 1. The molecule has 2 aromatic rings. The molecule has 0 bridgehead atoms. The molecule has 0 unspecified atom stereocenters. The molecule has 29 heavy (non-hydrogen) atoms. The average Bonchev–Trinajstić information content (AvgIpc) is 2.98. The lowest BCUT2D eigenvalue weighted by Gasteiger charge is -2.20. The predicted octanol–water partition coefficient (Wildman–Crippen LogP) is 2.75. The molecule has 0 atom stereocenters. The van der Waals surface area contributed by atoms with E-state index in [1.54, 1.807) is 0 Å². The quantitative estimate of drug-likeness (QED) is 0.715. The summed E-state index contributed by atoms with van der Waals surface area (Å²) in [4.78, 5) is 10.9. The molecule has 1 aliphatic rings. The number of sulfonamides is 2. The zero-order chi connectivity index (χ0) is 21.1. The number of hydrogen-bond acceptors (Lipinski definition) is 5. The van der Waals surface area contributed by atoms with Gasteiger partial charge in [-0.3, -0.25) is 4.72 Å². The molecule has 2 N–H and O–H groups in total. The first-order chi connectivity index (χ1) is 13.7. The van der Waals surface area contributed by atoms with Crippen molar-refractivity contribution in [3.8, 4) is 0 Å². The average molecular weight is 439 g/mol. The fourth-order valence-corrected chi connectivity index (χ4v) is 5.69. The summed E-state index contributed by atoms with van der Waals surface area (Å²) in [5.41, 5.74) is 0.189. The minimum absolute atomic E-state index is 0.0213. The van der Waals surface area contributed by atoms with Gasteiger partial charge in [0.2, 0.25) is 10.0 Å². The number of aromatic carboxylic acids is 1. The van der Waals surface area contributed by atoms with Crippen molar-refractivity contribution < 1.29 is 26.7 Å². The predicted molar refractivity (Wildman–Crippen MR) is 108 cm³/mol. The lowest BCUT2D eigenvalue weighted by molar-refractivity contribution is 0.0696. The minimum atomic E-state index is -3.93. The Morgan fingerprint density at radius 1 is 0.793 bits per heavy atom. The van der Waals surface area contributed by atoms with Crippen molar-refractivity contribution in [2.75, 3.05) is 17.8 Å². The van der Waals surface area contributed by atoms with Crippen LogP contribution in [0.2, 0.25) is 0 Å². The maximum atomic E-state index is 12.8. The fraction of sp³-hybridized carbons (Fsp3) is 0.316. The lowest BCUT2D eigenvalue weighted by Crippen LogP contribution is -2.31. The van der Waals surface area contributed by atoms with E-state index in [4.69, 9.17) is 5.11 Å². The molecule has 8 nitrogen and oxygen atoms in total. The summed E-state index contributed by atoms with van der Waals surface area (Å²) in [6.45, 7) is 0.978.